The molecule has 0 aromatic rings. The zero-order valence-corrected chi connectivity index (χ0v) is 10.6. The van der Waals surface area contributed by atoms with Gasteiger partial charge in [0.1, 0.15) is 0 Å². The van der Waals surface area contributed by atoms with Crippen LogP contribution in [0.25, 0.3) is 0 Å². The second kappa shape index (κ2) is 8.57. The maximum atomic E-state index is 11.4. The van der Waals surface area contributed by atoms with Crippen molar-refractivity contribution < 1.29 is 4.79 Å². The van der Waals surface area contributed by atoms with Crippen LogP contribution < -0.4 is 10.6 Å². The first-order chi connectivity index (χ1) is 7.83. The predicted molar refractivity (Wildman–Crippen MR) is 67.4 cm³/mol. The number of amides is 1. The minimum atomic E-state index is 0.225. The third-order valence-corrected chi connectivity index (χ3v) is 2.94. The third-order valence-electron chi connectivity index (χ3n) is 2.94. The summed E-state index contributed by atoms with van der Waals surface area (Å²) >= 11 is 0. The fraction of sp³-hybridized carbons (Fsp3) is 0.923. The summed E-state index contributed by atoms with van der Waals surface area (Å²) in [5, 5.41) is 6.41. The van der Waals surface area contributed by atoms with Gasteiger partial charge in [-0.15, -0.1) is 0 Å². The first-order valence-corrected chi connectivity index (χ1v) is 6.83. The topological polar surface area (TPSA) is 41.1 Å². The van der Waals surface area contributed by atoms with Gasteiger partial charge in [0.05, 0.1) is 0 Å². The Morgan fingerprint density at radius 1 is 1.12 bits per heavy atom. The van der Waals surface area contributed by atoms with Gasteiger partial charge in [-0.05, 0) is 32.2 Å². The Bertz CT molecular complexity index is 190. The van der Waals surface area contributed by atoms with Gasteiger partial charge in [0.25, 0.3) is 0 Å². The van der Waals surface area contributed by atoms with E-state index in [9.17, 15) is 4.79 Å². The molecular formula is C13H26N2O. The molecule has 1 fully saturated rings. The minimum absolute atomic E-state index is 0.225. The summed E-state index contributed by atoms with van der Waals surface area (Å²) in [7, 11) is 0. The Hall–Kier alpha value is -0.570. The van der Waals surface area contributed by atoms with Crippen LogP contribution in [0.1, 0.15) is 58.3 Å². The monoisotopic (exact) mass is 226 g/mol. The van der Waals surface area contributed by atoms with Crippen molar-refractivity contribution in [3.05, 3.63) is 0 Å². The summed E-state index contributed by atoms with van der Waals surface area (Å²) < 4.78 is 0. The molecule has 1 aliphatic carbocycles. The number of rotatable bonds is 10. The summed E-state index contributed by atoms with van der Waals surface area (Å²) in [6, 6.07) is 0.782. The summed E-state index contributed by atoms with van der Waals surface area (Å²) in [5.41, 5.74) is 0. The second-order valence-corrected chi connectivity index (χ2v) is 4.74. The maximum absolute atomic E-state index is 11.4. The number of unbranched alkanes of at least 4 members (excludes halogenated alkanes) is 3. The van der Waals surface area contributed by atoms with Crippen LogP contribution in [0.15, 0.2) is 0 Å². The molecule has 0 bridgehead atoms. The highest BCUT2D eigenvalue weighted by atomic mass is 16.1. The van der Waals surface area contributed by atoms with Crippen LogP contribution in [0.5, 0.6) is 0 Å². The lowest BCUT2D eigenvalue weighted by atomic mass is 10.1. The van der Waals surface area contributed by atoms with Crippen LogP contribution in [0.3, 0.4) is 0 Å². The van der Waals surface area contributed by atoms with Crippen LogP contribution in [-0.4, -0.2) is 25.0 Å². The molecule has 0 saturated heterocycles. The van der Waals surface area contributed by atoms with Crippen LogP contribution >= 0.6 is 0 Å². The molecule has 0 aliphatic heterocycles. The van der Waals surface area contributed by atoms with Crippen molar-refractivity contribution in [1.29, 1.82) is 0 Å². The van der Waals surface area contributed by atoms with Gasteiger partial charge in [0, 0.05) is 19.0 Å². The van der Waals surface area contributed by atoms with Gasteiger partial charge in [-0.1, -0.05) is 26.2 Å². The lowest BCUT2D eigenvalue weighted by Gasteiger charge is -2.05. The number of hydrogen-bond donors (Lipinski definition) is 2. The molecule has 0 spiro atoms. The number of carbonyl (C=O) groups is 1. The zero-order valence-electron chi connectivity index (χ0n) is 10.6. The Morgan fingerprint density at radius 2 is 1.94 bits per heavy atom. The van der Waals surface area contributed by atoms with E-state index < -0.39 is 0 Å². The molecule has 1 saturated carbocycles. The first-order valence-electron chi connectivity index (χ1n) is 6.83. The molecule has 3 heteroatoms. The smallest absolute Gasteiger partial charge is 0.219 e. The van der Waals surface area contributed by atoms with Crippen molar-refractivity contribution in [3.63, 3.8) is 0 Å². The van der Waals surface area contributed by atoms with E-state index in [0.29, 0.717) is 6.42 Å². The molecule has 1 amide bonds. The minimum Gasteiger partial charge on any atom is -0.356 e. The molecule has 16 heavy (non-hydrogen) atoms. The van der Waals surface area contributed by atoms with Crippen molar-refractivity contribution in [3.8, 4) is 0 Å². The fourth-order valence-electron chi connectivity index (χ4n) is 1.71. The van der Waals surface area contributed by atoms with Crippen molar-refractivity contribution in [2.24, 2.45) is 0 Å². The molecule has 1 aliphatic rings. The largest absolute Gasteiger partial charge is 0.356 e. The van der Waals surface area contributed by atoms with E-state index in [2.05, 4.69) is 17.6 Å². The van der Waals surface area contributed by atoms with Crippen LogP contribution in [0.4, 0.5) is 0 Å². The van der Waals surface area contributed by atoms with E-state index in [1.807, 2.05) is 0 Å². The van der Waals surface area contributed by atoms with Crippen LogP contribution in [0, 0.1) is 0 Å². The van der Waals surface area contributed by atoms with Gasteiger partial charge in [0.2, 0.25) is 5.91 Å². The highest BCUT2D eigenvalue weighted by molar-refractivity contribution is 5.75. The van der Waals surface area contributed by atoms with E-state index in [1.54, 1.807) is 0 Å². The summed E-state index contributed by atoms with van der Waals surface area (Å²) in [5.74, 6) is 0.225. The molecule has 3 nitrogen and oxygen atoms in total. The zero-order chi connectivity index (χ0) is 11.6. The Morgan fingerprint density at radius 3 is 2.62 bits per heavy atom. The number of hydrogen-bond acceptors (Lipinski definition) is 2. The molecule has 0 unspecified atom stereocenters. The standard InChI is InChI=1S/C13H26N2O/c1-2-3-4-5-7-13(16)15-11-6-10-14-12-8-9-12/h12,14H,2-11H2,1H3,(H,15,16). The van der Waals surface area contributed by atoms with E-state index in [1.165, 1.54) is 32.1 Å². The Kier molecular flexibility index (Phi) is 7.23. The number of carbonyl (C=O) groups excluding carboxylic acids is 1. The summed E-state index contributed by atoms with van der Waals surface area (Å²) in [6.07, 6.45) is 9.14. The molecule has 94 valence electrons. The lowest BCUT2D eigenvalue weighted by Crippen LogP contribution is -2.27. The van der Waals surface area contributed by atoms with E-state index in [0.717, 1.165) is 32.0 Å². The highest BCUT2D eigenvalue weighted by Gasteiger charge is 2.19. The Labute approximate surface area is 99.4 Å². The molecule has 1 rings (SSSR count). The molecule has 0 atom stereocenters. The van der Waals surface area contributed by atoms with E-state index >= 15 is 0 Å². The number of nitrogens with one attached hydrogen (secondary N) is 2. The van der Waals surface area contributed by atoms with Gasteiger partial charge >= 0.3 is 0 Å². The molecule has 0 heterocycles. The van der Waals surface area contributed by atoms with Gasteiger partial charge in [-0.2, -0.15) is 0 Å². The van der Waals surface area contributed by atoms with Crippen molar-refractivity contribution in [1.82, 2.24) is 10.6 Å². The Balaban J connectivity index is 1.77. The van der Waals surface area contributed by atoms with E-state index in [4.69, 9.17) is 0 Å². The predicted octanol–water partition coefficient (Wildman–Crippen LogP) is 2.22. The van der Waals surface area contributed by atoms with Crippen molar-refractivity contribution in [2.75, 3.05) is 13.1 Å². The second-order valence-electron chi connectivity index (χ2n) is 4.74. The van der Waals surface area contributed by atoms with Crippen molar-refractivity contribution >= 4 is 5.91 Å². The average Bonchev–Trinajstić information content (AvgIpc) is 3.08. The summed E-state index contributed by atoms with van der Waals surface area (Å²) in [6.45, 7) is 4.06. The van der Waals surface area contributed by atoms with Crippen LogP contribution in [0.2, 0.25) is 0 Å². The maximum Gasteiger partial charge on any atom is 0.219 e. The SMILES string of the molecule is CCCCCCC(=O)NCCCNC1CC1. The normalized spacial score (nSPS) is 15.1. The highest BCUT2D eigenvalue weighted by Crippen LogP contribution is 2.18. The van der Waals surface area contributed by atoms with Crippen molar-refractivity contribution in [2.45, 2.75) is 64.3 Å². The van der Waals surface area contributed by atoms with Gasteiger partial charge in [0.15, 0.2) is 0 Å². The third kappa shape index (κ3) is 7.69. The first kappa shape index (κ1) is 13.5. The van der Waals surface area contributed by atoms with Gasteiger partial charge < -0.3 is 10.6 Å². The van der Waals surface area contributed by atoms with Gasteiger partial charge in [-0.3, -0.25) is 4.79 Å². The molecular weight excluding hydrogens is 200 g/mol. The quantitative estimate of drug-likeness (QED) is 0.561. The van der Waals surface area contributed by atoms with Crippen LogP contribution in [-0.2, 0) is 4.79 Å². The molecule has 0 radical (unpaired) electrons. The summed E-state index contributed by atoms with van der Waals surface area (Å²) in [4.78, 5) is 11.4. The molecule has 0 aromatic carbocycles. The van der Waals surface area contributed by atoms with Gasteiger partial charge in [-0.25, -0.2) is 0 Å². The lowest BCUT2D eigenvalue weighted by molar-refractivity contribution is -0.121. The van der Waals surface area contributed by atoms with E-state index in [-0.39, 0.29) is 5.91 Å². The molecule has 0 aromatic heterocycles. The average molecular weight is 226 g/mol. The molecule has 2 N–H and O–H groups in total. The fourth-order valence-corrected chi connectivity index (χ4v) is 1.71.